The number of amides is 2. The highest BCUT2D eigenvalue weighted by molar-refractivity contribution is 9.10. The van der Waals surface area contributed by atoms with Crippen LogP contribution in [0.1, 0.15) is 22.8 Å². The van der Waals surface area contributed by atoms with E-state index in [9.17, 15) is 14.4 Å². The van der Waals surface area contributed by atoms with E-state index in [0.717, 1.165) is 4.47 Å². The lowest BCUT2D eigenvalue weighted by Crippen LogP contribution is -2.42. The second-order valence-corrected chi connectivity index (χ2v) is 6.96. The normalized spacial score (nSPS) is 12.2. The number of nitrogens with one attached hydrogen (secondary N) is 2. The monoisotopic (exact) mass is 450 g/mol. The molecule has 0 aliphatic rings. The summed E-state index contributed by atoms with van der Waals surface area (Å²) in [4.78, 5) is 35.9. The van der Waals surface area contributed by atoms with Gasteiger partial charge in [-0.25, -0.2) is 0 Å². The molecule has 0 aromatic heterocycles. The summed E-state index contributed by atoms with van der Waals surface area (Å²) in [5, 5.41) is 14.4. The molecule has 0 saturated carbocycles. The Balaban J connectivity index is 2.29. The van der Waals surface area contributed by atoms with Crippen LogP contribution in [0.2, 0.25) is 5.02 Å². The molecule has 140 valence electrons. The number of carbonyl (C=O) groups is 3. The average molecular weight is 452 g/mol. The molecule has 0 radical (unpaired) electrons. The Morgan fingerprint density at radius 2 is 1.67 bits per heavy atom. The van der Waals surface area contributed by atoms with E-state index < -0.39 is 23.8 Å². The fourth-order valence-electron chi connectivity index (χ4n) is 2.02. The lowest BCUT2D eigenvalue weighted by atomic mass is 10.1. The minimum atomic E-state index is -1.19. The molecule has 0 spiro atoms. The molecule has 0 aliphatic carbocycles. The number of aliphatic carboxylic acids is 1. The lowest BCUT2D eigenvalue weighted by molar-refractivity contribution is -0.140. The van der Waals surface area contributed by atoms with Gasteiger partial charge in [-0.05, 0) is 55.0 Å². The zero-order valence-corrected chi connectivity index (χ0v) is 16.5. The third-order valence-electron chi connectivity index (χ3n) is 3.50. The molecular formula is C19H16BrClN2O4. The maximum Gasteiger partial charge on any atom is 0.325 e. The van der Waals surface area contributed by atoms with E-state index in [2.05, 4.69) is 26.6 Å². The predicted molar refractivity (Wildman–Crippen MR) is 106 cm³/mol. The van der Waals surface area contributed by atoms with Gasteiger partial charge < -0.3 is 15.7 Å². The van der Waals surface area contributed by atoms with Gasteiger partial charge in [-0.3, -0.25) is 14.4 Å². The van der Waals surface area contributed by atoms with Crippen LogP contribution in [0.25, 0.3) is 6.08 Å². The van der Waals surface area contributed by atoms with Crippen LogP contribution in [0.5, 0.6) is 0 Å². The Bertz CT molecular complexity index is 880. The van der Waals surface area contributed by atoms with Crippen LogP contribution in [0, 0.1) is 0 Å². The number of carbonyl (C=O) groups excluding carboxylic acids is 2. The average Bonchev–Trinajstić information content (AvgIpc) is 2.63. The number of benzene rings is 2. The minimum absolute atomic E-state index is 0.0849. The zero-order valence-electron chi connectivity index (χ0n) is 14.2. The summed E-state index contributed by atoms with van der Waals surface area (Å²) in [6, 6.07) is 12.1. The highest BCUT2D eigenvalue weighted by Crippen LogP contribution is 2.14. The van der Waals surface area contributed by atoms with Gasteiger partial charge in [0.2, 0.25) is 0 Å². The van der Waals surface area contributed by atoms with Crippen LogP contribution in [0.3, 0.4) is 0 Å². The molecule has 6 nitrogen and oxygen atoms in total. The van der Waals surface area contributed by atoms with E-state index in [4.69, 9.17) is 16.7 Å². The van der Waals surface area contributed by atoms with E-state index in [1.807, 2.05) is 0 Å². The van der Waals surface area contributed by atoms with E-state index >= 15 is 0 Å². The third-order valence-corrected chi connectivity index (χ3v) is 4.28. The van der Waals surface area contributed by atoms with Crippen LogP contribution < -0.4 is 10.6 Å². The first-order chi connectivity index (χ1) is 12.8. The zero-order chi connectivity index (χ0) is 20.0. The third kappa shape index (κ3) is 6.23. The Morgan fingerprint density at radius 3 is 2.22 bits per heavy atom. The van der Waals surface area contributed by atoms with Crippen molar-refractivity contribution in [1.82, 2.24) is 10.6 Å². The van der Waals surface area contributed by atoms with Crippen LogP contribution in [0.4, 0.5) is 0 Å². The van der Waals surface area contributed by atoms with Crippen LogP contribution >= 0.6 is 27.5 Å². The summed E-state index contributed by atoms with van der Waals surface area (Å²) < 4.78 is 0.809. The van der Waals surface area contributed by atoms with Gasteiger partial charge in [0, 0.05) is 15.1 Å². The number of hydrogen-bond acceptors (Lipinski definition) is 3. The van der Waals surface area contributed by atoms with Gasteiger partial charge >= 0.3 is 5.97 Å². The molecule has 2 aromatic carbocycles. The summed E-state index contributed by atoms with van der Waals surface area (Å²) in [5.41, 5.74) is 0.876. The van der Waals surface area contributed by atoms with Gasteiger partial charge in [-0.1, -0.05) is 39.7 Å². The fraction of sp³-hybridized carbons (Fsp3) is 0.105. The van der Waals surface area contributed by atoms with Crippen molar-refractivity contribution >= 4 is 51.4 Å². The highest BCUT2D eigenvalue weighted by Gasteiger charge is 2.19. The van der Waals surface area contributed by atoms with Crippen LogP contribution in [-0.4, -0.2) is 28.9 Å². The molecule has 2 aromatic rings. The lowest BCUT2D eigenvalue weighted by Gasteiger charge is -2.13. The molecular weight excluding hydrogens is 436 g/mol. The van der Waals surface area contributed by atoms with Crippen molar-refractivity contribution in [3.8, 4) is 0 Å². The molecule has 3 N–H and O–H groups in total. The maximum absolute atomic E-state index is 12.5. The summed E-state index contributed by atoms with van der Waals surface area (Å²) in [6.45, 7) is 1.33. The maximum atomic E-state index is 12.5. The molecule has 0 heterocycles. The summed E-state index contributed by atoms with van der Waals surface area (Å²) in [6.07, 6.45) is 1.44. The highest BCUT2D eigenvalue weighted by atomic mass is 79.9. The predicted octanol–water partition coefficient (Wildman–Crippen LogP) is 3.46. The number of hydrogen-bond donors (Lipinski definition) is 3. The molecule has 2 amide bonds. The van der Waals surface area contributed by atoms with E-state index in [1.54, 1.807) is 48.5 Å². The van der Waals surface area contributed by atoms with Crippen molar-refractivity contribution < 1.29 is 19.5 Å². The molecule has 27 heavy (non-hydrogen) atoms. The molecule has 8 heteroatoms. The summed E-state index contributed by atoms with van der Waals surface area (Å²) in [7, 11) is 0. The summed E-state index contributed by atoms with van der Waals surface area (Å²) >= 11 is 9.14. The molecule has 0 fully saturated rings. The summed E-state index contributed by atoms with van der Waals surface area (Å²) in [5.74, 6) is -2.40. The fourth-order valence-corrected chi connectivity index (χ4v) is 2.41. The Kier molecular flexibility index (Phi) is 7.15. The van der Waals surface area contributed by atoms with Crippen molar-refractivity contribution in [2.75, 3.05) is 0 Å². The van der Waals surface area contributed by atoms with Gasteiger partial charge in [-0.15, -0.1) is 0 Å². The number of carboxylic acid groups (broad SMARTS) is 1. The smallest absolute Gasteiger partial charge is 0.325 e. The Hall–Kier alpha value is -2.64. The van der Waals surface area contributed by atoms with Gasteiger partial charge in [-0.2, -0.15) is 0 Å². The second-order valence-electron chi connectivity index (χ2n) is 5.60. The SMILES string of the molecule is C[C@H](NC(=O)/C(=C/c1ccc(Cl)cc1)NC(=O)c1ccc(Br)cc1)C(=O)O. The van der Waals surface area contributed by atoms with Gasteiger partial charge in [0.1, 0.15) is 11.7 Å². The van der Waals surface area contributed by atoms with Gasteiger partial charge in [0.15, 0.2) is 0 Å². The molecule has 2 rings (SSSR count). The van der Waals surface area contributed by atoms with Crippen LogP contribution in [0.15, 0.2) is 58.7 Å². The first-order valence-corrected chi connectivity index (χ1v) is 9.01. The van der Waals surface area contributed by atoms with Gasteiger partial charge in [0.05, 0.1) is 0 Å². The minimum Gasteiger partial charge on any atom is -0.480 e. The van der Waals surface area contributed by atoms with Gasteiger partial charge in [0.25, 0.3) is 11.8 Å². The van der Waals surface area contributed by atoms with Crippen LogP contribution in [-0.2, 0) is 9.59 Å². The van der Waals surface area contributed by atoms with Crippen molar-refractivity contribution in [2.45, 2.75) is 13.0 Å². The van der Waals surface area contributed by atoms with Crippen molar-refractivity contribution in [3.63, 3.8) is 0 Å². The topological polar surface area (TPSA) is 95.5 Å². The number of carboxylic acids is 1. The van der Waals surface area contributed by atoms with E-state index in [0.29, 0.717) is 16.1 Å². The second kappa shape index (κ2) is 9.34. The first-order valence-electron chi connectivity index (χ1n) is 7.84. The molecule has 1 atom stereocenters. The molecule has 0 bridgehead atoms. The van der Waals surface area contributed by atoms with E-state index in [-0.39, 0.29) is 5.70 Å². The Morgan fingerprint density at radius 1 is 1.07 bits per heavy atom. The molecule has 0 saturated heterocycles. The standard InChI is InChI=1S/C19H16BrClN2O4/c1-11(19(26)27)22-18(25)16(10-12-2-8-15(21)9-3-12)23-17(24)13-4-6-14(20)7-5-13/h2-11H,1H3,(H,22,25)(H,23,24)(H,26,27)/b16-10-/t11-/m0/s1. The number of rotatable bonds is 6. The number of halogens is 2. The van der Waals surface area contributed by atoms with Crippen molar-refractivity contribution in [2.24, 2.45) is 0 Å². The van der Waals surface area contributed by atoms with E-state index in [1.165, 1.54) is 13.0 Å². The Labute approximate surface area is 169 Å². The largest absolute Gasteiger partial charge is 0.480 e. The van der Waals surface area contributed by atoms with Crippen molar-refractivity contribution in [1.29, 1.82) is 0 Å². The first kappa shape index (κ1) is 20.7. The molecule has 0 unspecified atom stereocenters. The molecule has 0 aliphatic heterocycles. The van der Waals surface area contributed by atoms with Crippen molar-refractivity contribution in [3.05, 3.63) is 74.9 Å². The quantitative estimate of drug-likeness (QED) is 0.586.